The van der Waals surface area contributed by atoms with Gasteiger partial charge in [-0.1, -0.05) is 167 Å². The van der Waals surface area contributed by atoms with Gasteiger partial charge in [0.05, 0.1) is 38.6 Å². The predicted molar refractivity (Wildman–Crippen MR) is 282 cm³/mol. The van der Waals surface area contributed by atoms with Crippen LogP contribution in [-0.2, 0) is 33.2 Å². The highest BCUT2D eigenvalue weighted by atomic mass is 16.8. The lowest BCUT2D eigenvalue weighted by atomic mass is 9.96. The van der Waals surface area contributed by atoms with Crippen LogP contribution in [0.25, 0.3) is 0 Å². The lowest BCUT2D eigenvalue weighted by Gasteiger charge is -2.48. The van der Waals surface area contributed by atoms with Crippen LogP contribution in [-0.4, -0.2) is 193 Å². The van der Waals surface area contributed by atoms with Gasteiger partial charge < -0.3 is 89.9 Å². The Balaban J connectivity index is 1.47. The van der Waals surface area contributed by atoms with E-state index in [2.05, 4.69) is 31.3 Å². The summed E-state index contributed by atoms with van der Waals surface area (Å²) in [5, 5.41) is 120. The third-order valence-corrected chi connectivity index (χ3v) is 14.7. The fourth-order valence-electron chi connectivity index (χ4n) is 9.89. The summed E-state index contributed by atoms with van der Waals surface area (Å²) in [6.07, 6.45) is 13.3. The van der Waals surface area contributed by atoms with Gasteiger partial charge in [-0.25, -0.2) is 0 Å². The van der Waals surface area contributed by atoms with Crippen LogP contribution in [0.5, 0.6) is 0 Å². The number of amides is 1. The monoisotopic (exact) mass is 1080 g/mol. The van der Waals surface area contributed by atoms with Gasteiger partial charge in [0.25, 0.3) is 0 Å². The Morgan fingerprint density at radius 3 is 1.29 bits per heavy atom. The molecule has 1 amide bonds. The number of carbonyl (C=O) groups excluding carboxylic acids is 1. The van der Waals surface area contributed by atoms with Crippen LogP contribution in [0.4, 0.5) is 0 Å². The van der Waals surface area contributed by atoms with Gasteiger partial charge in [0.2, 0.25) is 5.91 Å². The quantitative estimate of drug-likeness (QED) is 0.0298. The Hall–Kier alpha value is -1.73. The summed E-state index contributed by atoms with van der Waals surface area (Å²) in [7, 11) is 0. The first-order valence-corrected chi connectivity index (χ1v) is 29.1. The third-order valence-electron chi connectivity index (χ3n) is 14.7. The molecule has 0 radical (unpaired) electrons. The number of hydrogen-bond acceptors (Lipinski definition) is 18. The Labute approximate surface area is 448 Å². The van der Waals surface area contributed by atoms with Crippen LogP contribution < -0.4 is 5.32 Å². The summed E-state index contributed by atoms with van der Waals surface area (Å²) in [4.78, 5) is 13.3. The summed E-state index contributed by atoms with van der Waals surface area (Å²) in [5.74, 6) is -0.280. The van der Waals surface area contributed by atoms with Gasteiger partial charge in [0, 0.05) is 6.42 Å². The summed E-state index contributed by atoms with van der Waals surface area (Å²) < 4.78 is 34.1. The molecule has 17 unspecified atom stereocenters. The standard InChI is InChI=1S/C56H103NO18/c1-3-5-7-9-11-13-14-15-16-17-18-19-20-21-22-23-24-26-28-30-32-34-44(62)57-39(40(61)33-31-29-27-25-12-10-8-6-4-2)38-70-54-50(68)47(65)52(42(36-59)72-54)75-56-51(69)48(66)53(43(37-60)73-56)74-55-49(67)46(64)45(63)41(35-58)71-55/h17-18,31,33,39-43,45-56,58-61,63-69H,3-16,19-30,32,34-38H2,1-2H3,(H,57,62)/b18-17-,33-31+. The summed E-state index contributed by atoms with van der Waals surface area (Å²) in [6, 6.07) is -0.969. The van der Waals surface area contributed by atoms with Crippen LogP contribution in [0.2, 0.25) is 0 Å². The number of rotatable bonds is 42. The van der Waals surface area contributed by atoms with Gasteiger partial charge in [-0.15, -0.1) is 0 Å². The van der Waals surface area contributed by atoms with Crippen molar-refractivity contribution in [1.82, 2.24) is 5.32 Å². The highest BCUT2D eigenvalue weighted by Gasteiger charge is 2.53. The number of hydrogen-bond donors (Lipinski definition) is 12. The molecule has 3 heterocycles. The molecular weight excluding hydrogens is 975 g/mol. The molecule has 0 aromatic heterocycles. The third kappa shape index (κ3) is 25.1. The van der Waals surface area contributed by atoms with Crippen molar-refractivity contribution in [2.45, 2.75) is 298 Å². The maximum atomic E-state index is 13.3. The second kappa shape index (κ2) is 40.4. The van der Waals surface area contributed by atoms with Crippen molar-refractivity contribution >= 4 is 5.91 Å². The minimum absolute atomic E-state index is 0.242. The second-order valence-corrected chi connectivity index (χ2v) is 21.1. The Kier molecular flexibility index (Phi) is 36.4. The maximum Gasteiger partial charge on any atom is 0.220 e. The highest BCUT2D eigenvalue weighted by molar-refractivity contribution is 5.76. The molecule has 0 saturated carbocycles. The first-order chi connectivity index (χ1) is 36.3. The number of ether oxygens (including phenoxy) is 6. The number of unbranched alkanes of at least 4 members (excludes halogenated alkanes) is 24. The fourth-order valence-corrected chi connectivity index (χ4v) is 9.89. The zero-order valence-electron chi connectivity index (χ0n) is 45.5. The lowest BCUT2D eigenvalue weighted by Crippen LogP contribution is -2.66. The van der Waals surface area contributed by atoms with E-state index in [9.17, 15) is 61.0 Å². The van der Waals surface area contributed by atoms with E-state index in [0.29, 0.717) is 6.42 Å². The molecule has 19 nitrogen and oxygen atoms in total. The van der Waals surface area contributed by atoms with Gasteiger partial charge in [0.15, 0.2) is 18.9 Å². The Morgan fingerprint density at radius 2 is 0.840 bits per heavy atom. The van der Waals surface area contributed by atoms with Gasteiger partial charge in [-0.05, 0) is 44.9 Å². The largest absolute Gasteiger partial charge is 0.394 e. The molecule has 0 bridgehead atoms. The smallest absolute Gasteiger partial charge is 0.220 e. The molecule has 0 aromatic rings. The normalized spacial score (nSPS) is 31.3. The number of allylic oxidation sites excluding steroid dienone is 3. The number of aliphatic hydroxyl groups is 11. The minimum atomic E-state index is -1.98. The number of aliphatic hydroxyl groups excluding tert-OH is 11. The molecule has 0 aliphatic carbocycles. The van der Waals surface area contributed by atoms with E-state index in [1.54, 1.807) is 6.08 Å². The van der Waals surface area contributed by atoms with E-state index in [1.165, 1.54) is 116 Å². The minimum Gasteiger partial charge on any atom is -0.394 e. The van der Waals surface area contributed by atoms with Crippen LogP contribution in [0.15, 0.2) is 24.3 Å². The van der Waals surface area contributed by atoms with Crippen LogP contribution in [0.1, 0.15) is 194 Å². The van der Waals surface area contributed by atoms with Crippen molar-refractivity contribution in [3.63, 3.8) is 0 Å². The molecule has 3 rings (SSSR count). The molecule has 19 heteroatoms. The van der Waals surface area contributed by atoms with E-state index >= 15 is 0 Å². The second-order valence-electron chi connectivity index (χ2n) is 21.1. The van der Waals surface area contributed by atoms with E-state index in [-0.39, 0.29) is 18.9 Å². The SMILES string of the molecule is CCCCCCCCC/C=C/C(O)C(COC1OC(CO)C(OC2OC(CO)C(OC3OC(CO)C(O)C(O)C3O)C(O)C2O)C(O)C1O)NC(=O)CCCCCCCCCCC/C=C\CCCCCCCCCC. The average molecular weight is 1080 g/mol. The summed E-state index contributed by atoms with van der Waals surface area (Å²) in [6.45, 7) is 1.67. The Morgan fingerprint density at radius 1 is 0.467 bits per heavy atom. The molecule has 3 saturated heterocycles. The van der Waals surface area contributed by atoms with Crippen LogP contribution >= 0.6 is 0 Å². The van der Waals surface area contributed by atoms with E-state index in [4.69, 9.17) is 28.4 Å². The molecular formula is C56H103NO18. The molecule has 0 spiro atoms. The molecule has 440 valence electrons. The Bertz CT molecular complexity index is 1480. The van der Waals surface area contributed by atoms with Gasteiger partial charge >= 0.3 is 0 Å². The lowest BCUT2D eigenvalue weighted by molar-refractivity contribution is -0.379. The molecule has 3 aliphatic rings. The molecule has 75 heavy (non-hydrogen) atoms. The van der Waals surface area contributed by atoms with Crippen molar-refractivity contribution in [3.05, 3.63) is 24.3 Å². The van der Waals surface area contributed by atoms with E-state index in [0.717, 1.165) is 51.4 Å². The summed E-state index contributed by atoms with van der Waals surface area (Å²) >= 11 is 0. The zero-order chi connectivity index (χ0) is 54.8. The fraction of sp³-hybridized carbons (Fsp3) is 0.911. The van der Waals surface area contributed by atoms with Crippen LogP contribution in [0.3, 0.4) is 0 Å². The highest BCUT2D eigenvalue weighted by Crippen LogP contribution is 2.33. The van der Waals surface area contributed by atoms with Crippen molar-refractivity contribution in [2.24, 2.45) is 0 Å². The van der Waals surface area contributed by atoms with Crippen molar-refractivity contribution in [3.8, 4) is 0 Å². The molecule has 3 aliphatic heterocycles. The van der Waals surface area contributed by atoms with Gasteiger partial charge in [0.1, 0.15) is 73.2 Å². The number of carbonyl (C=O) groups is 1. The predicted octanol–water partition coefficient (Wildman–Crippen LogP) is 4.37. The topological polar surface area (TPSA) is 307 Å². The average Bonchev–Trinajstić information content (AvgIpc) is 3.41. The first-order valence-electron chi connectivity index (χ1n) is 29.1. The zero-order valence-corrected chi connectivity index (χ0v) is 45.5. The van der Waals surface area contributed by atoms with Crippen LogP contribution in [0, 0.1) is 0 Å². The van der Waals surface area contributed by atoms with E-state index < -0.39 is 124 Å². The maximum absolute atomic E-state index is 13.3. The van der Waals surface area contributed by atoms with Gasteiger partial charge in [-0.3, -0.25) is 4.79 Å². The van der Waals surface area contributed by atoms with Gasteiger partial charge in [-0.2, -0.15) is 0 Å². The molecule has 12 N–H and O–H groups in total. The molecule has 0 aromatic carbocycles. The molecule has 3 fully saturated rings. The van der Waals surface area contributed by atoms with Crippen molar-refractivity contribution in [2.75, 3.05) is 26.4 Å². The number of nitrogens with one attached hydrogen (secondary N) is 1. The van der Waals surface area contributed by atoms with E-state index in [1.807, 2.05) is 6.08 Å². The first kappa shape index (κ1) is 67.5. The van der Waals surface area contributed by atoms with Crippen molar-refractivity contribution in [1.29, 1.82) is 0 Å². The summed E-state index contributed by atoms with van der Waals surface area (Å²) in [5.41, 5.74) is 0. The molecule has 17 atom stereocenters. The van der Waals surface area contributed by atoms with Crippen molar-refractivity contribution < 1.29 is 89.4 Å².